The lowest BCUT2D eigenvalue weighted by atomic mass is 10.2. The van der Waals surface area contributed by atoms with E-state index in [9.17, 15) is 4.79 Å². The van der Waals surface area contributed by atoms with Crippen LogP contribution in [0.2, 0.25) is 0 Å². The lowest BCUT2D eigenvalue weighted by Gasteiger charge is -2.20. The van der Waals surface area contributed by atoms with Crippen molar-refractivity contribution >= 4 is 30.3 Å². The van der Waals surface area contributed by atoms with E-state index in [2.05, 4.69) is 12.6 Å². The molecule has 0 bridgehead atoms. The molecule has 4 heteroatoms. The molecule has 1 aliphatic rings. The third kappa shape index (κ3) is 2.95. The molecular formula is C12H15NOS2. The summed E-state index contributed by atoms with van der Waals surface area (Å²) in [6, 6.07) is 7.46. The van der Waals surface area contributed by atoms with Crippen LogP contribution in [0.4, 0.5) is 0 Å². The minimum Gasteiger partial charge on any atom is -0.338 e. The highest BCUT2D eigenvalue weighted by atomic mass is 32.2. The van der Waals surface area contributed by atoms with Crippen molar-refractivity contribution in [3.8, 4) is 0 Å². The van der Waals surface area contributed by atoms with Gasteiger partial charge in [0.2, 0.25) is 0 Å². The summed E-state index contributed by atoms with van der Waals surface area (Å²) < 4.78 is 0. The summed E-state index contributed by atoms with van der Waals surface area (Å²) in [6.45, 7) is 1.74. The first-order valence-corrected chi connectivity index (χ1v) is 7.03. The van der Waals surface area contributed by atoms with Gasteiger partial charge in [0.1, 0.15) is 0 Å². The SMILES string of the molecule is O=C(c1cccc(S)c1)N1CCCSCC1. The van der Waals surface area contributed by atoms with Crippen molar-refractivity contribution in [3.05, 3.63) is 29.8 Å². The van der Waals surface area contributed by atoms with Gasteiger partial charge in [-0.3, -0.25) is 4.79 Å². The molecule has 16 heavy (non-hydrogen) atoms. The molecule has 0 aliphatic carbocycles. The molecule has 0 radical (unpaired) electrons. The van der Waals surface area contributed by atoms with Gasteiger partial charge in [0, 0.05) is 29.3 Å². The number of carbonyl (C=O) groups excluding carboxylic acids is 1. The average molecular weight is 253 g/mol. The summed E-state index contributed by atoms with van der Waals surface area (Å²) in [7, 11) is 0. The standard InChI is InChI=1S/C12H15NOS2/c14-12(10-3-1-4-11(15)9-10)13-5-2-7-16-8-6-13/h1,3-4,9,15H,2,5-8H2. The molecule has 86 valence electrons. The van der Waals surface area contributed by atoms with Crippen LogP contribution in [0, 0.1) is 0 Å². The minimum absolute atomic E-state index is 0.137. The van der Waals surface area contributed by atoms with Crippen LogP contribution in [0.25, 0.3) is 0 Å². The van der Waals surface area contributed by atoms with Crippen molar-refractivity contribution < 1.29 is 4.79 Å². The maximum atomic E-state index is 12.2. The van der Waals surface area contributed by atoms with Crippen LogP contribution in [0.5, 0.6) is 0 Å². The van der Waals surface area contributed by atoms with Crippen LogP contribution in [-0.4, -0.2) is 35.4 Å². The van der Waals surface area contributed by atoms with E-state index in [4.69, 9.17) is 0 Å². The molecular weight excluding hydrogens is 238 g/mol. The van der Waals surface area contributed by atoms with Gasteiger partial charge in [0.05, 0.1) is 0 Å². The zero-order valence-corrected chi connectivity index (χ0v) is 10.8. The number of nitrogens with zero attached hydrogens (tertiary/aromatic N) is 1. The monoisotopic (exact) mass is 253 g/mol. The molecule has 1 aliphatic heterocycles. The highest BCUT2D eigenvalue weighted by Gasteiger charge is 2.17. The number of carbonyl (C=O) groups is 1. The normalized spacial score (nSPS) is 16.9. The Morgan fingerprint density at radius 3 is 3.00 bits per heavy atom. The fourth-order valence-electron chi connectivity index (χ4n) is 1.77. The summed E-state index contributed by atoms with van der Waals surface area (Å²) in [5, 5.41) is 0. The van der Waals surface area contributed by atoms with E-state index in [1.54, 1.807) is 0 Å². The Bertz CT molecular complexity index is 373. The van der Waals surface area contributed by atoms with Crippen molar-refractivity contribution in [1.29, 1.82) is 0 Å². The summed E-state index contributed by atoms with van der Waals surface area (Å²) in [5.74, 6) is 2.35. The quantitative estimate of drug-likeness (QED) is 0.776. The van der Waals surface area contributed by atoms with E-state index in [0.29, 0.717) is 0 Å². The second-order valence-corrected chi connectivity index (χ2v) is 5.55. The molecule has 0 unspecified atom stereocenters. The van der Waals surface area contributed by atoms with Gasteiger partial charge in [-0.15, -0.1) is 12.6 Å². The highest BCUT2D eigenvalue weighted by molar-refractivity contribution is 7.99. The molecule has 2 rings (SSSR count). The van der Waals surface area contributed by atoms with Gasteiger partial charge in [-0.2, -0.15) is 11.8 Å². The number of benzene rings is 1. The summed E-state index contributed by atoms with van der Waals surface area (Å²) in [4.78, 5) is 15.0. The number of hydrogen-bond donors (Lipinski definition) is 1. The largest absolute Gasteiger partial charge is 0.338 e. The zero-order chi connectivity index (χ0) is 11.4. The second kappa shape index (κ2) is 5.64. The molecule has 1 aromatic rings. The molecule has 0 aromatic heterocycles. The van der Waals surface area contributed by atoms with Gasteiger partial charge in [0.25, 0.3) is 5.91 Å². The Kier molecular flexibility index (Phi) is 4.18. The number of thiol groups is 1. The zero-order valence-electron chi connectivity index (χ0n) is 9.06. The topological polar surface area (TPSA) is 20.3 Å². The first-order chi connectivity index (χ1) is 7.77. The second-order valence-electron chi connectivity index (χ2n) is 3.81. The van der Waals surface area contributed by atoms with Crippen molar-refractivity contribution in [2.24, 2.45) is 0 Å². The molecule has 1 saturated heterocycles. The molecule has 1 fully saturated rings. The van der Waals surface area contributed by atoms with Gasteiger partial charge >= 0.3 is 0 Å². The third-order valence-electron chi connectivity index (χ3n) is 2.60. The Morgan fingerprint density at radius 1 is 1.31 bits per heavy atom. The fourth-order valence-corrected chi connectivity index (χ4v) is 2.88. The highest BCUT2D eigenvalue weighted by Crippen LogP contribution is 2.15. The van der Waals surface area contributed by atoms with E-state index in [-0.39, 0.29) is 5.91 Å². The molecule has 2 nitrogen and oxygen atoms in total. The van der Waals surface area contributed by atoms with Crippen LogP contribution >= 0.6 is 24.4 Å². The van der Waals surface area contributed by atoms with Crippen molar-refractivity contribution in [1.82, 2.24) is 4.90 Å². The maximum absolute atomic E-state index is 12.2. The third-order valence-corrected chi connectivity index (χ3v) is 3.93. The van der Waals surface area contributed by atoms with E-state index in [1.807, 2.05) is 40.9 Å². The van der Waals surface area contributed by atoms with E-state index >= 15 is 0 Å². The Hall–Kier alpha value is -0.610. The average Bonchev–Trinajstić information content (AvgIpc) is 2.56. The maximum Gasteiger partial charge on any atom is 0.253 e. The van der Waals surface area contributed by atoms with Crippen LogP contribution in [0.3, 0.4) is 0 Å². The van der Waals surface area contributed by atoms with E-state index in [0.717, 1.165) is 41.5 Å². The molecule has 0 N–H and O–H groups in total. The molecule has 1 aromatic carbocycles. The first-order valence-electron chi connectivity index (χ1n) is 5.43. The molecule has 0 atom stereocenters. The number of hydrogen-bond acceptors (Lipinski definition) is 3. The van der Waals surface area contributed by atoms with Crippen LogP contribution in [-0.2, 0) is 0 Å². The Labute approximate surface area is 106 Å². The number of amides is 1. The molecule has 1 amide bonds. The molecule has 0 saturated carbocycles. The first kappa shape index (κ1) is 11.9. The van der Waals surface area contributed by atoms with Gasteiger partial charge in [-0.25, -0.2) is 0 Å². The van der Waals surface area contributed by atoms with Gasteiger partial charge in [-0.1, -0.05) is 6.07 Å². The predicted molar refractivity (Wildman–Crippen MR) is 71.5 cm³/mol. The van der Waals surface area contributed by atoms with Crippen LogP contribution in [0.15, 0.2) is 29.2 Å². The van der Waals surface area contributed by atoms with E-state index < -0.39 is 0 Å². The summed E-state index contributed by atoms with van der Waals surface area (Å²) in [5.41, 5.74) is 0.749. The Morgan fingerprint density at radius 2 is 2.19 bits per heavy atom. The molecule has 0 spiro atoms. The van der Waals surface area contributed by atoms with Gasteiger partial charge in [-0.05, 0) is 30.4 Å². The fraction of sp³-hybridized carbons (Fsp3) is 0.417. The predicted octanol–water partition coefficient (Wildman–Crippen LogP) is 2.55. The summed E-state index contributed by atoms with van der Waals surface area (Å²) >= 11 is 6.19. The number of rotatable bonds is 1. The van der Waals surface area contributed by atoms with Gasteiger partial charge < -0.3 is 4.90 Å². The smallest absolute Gasteiger partial charge is 0.253 e. The Balaban J connectivity index is 2.11. The lowest BCUT2D eigenvalue weighted by Crippen LogP contribution is -2.32. The van der Waals surface area contributed by atoms with Gasteiger partial charge in [0.15, 0.2) is 0 Å². The van der Waals surface area contributed by atoms with Crippen molar-refractivity contribution in [2.75, 3.05) is 24.6 Å². The van der Waals surface area contributed by atoms with Crippen LogP contribution in [0.1, 0.15) is 16.8 Å². The van der Waals surface area contributed by atoms with Crippen molar-refractivity contribution in [2.45, 2.75) is 11.3 Å². The van der Waals surface area contributed by atoms with Crippen LogP contribution < -0.4 is 0 Å². The van der Waals surface area contributed by atoms with Crippen molar-refractivity contribution in [3.63, 3.8) is 0 Å². The minimum atomic E-state index is 0.137. The summed E-state index contributed by atoms with van der Waals surface area (Å²) in [6.07, 6.45) is 1.09. The number of thioether (sulfide) groups is 1. The lowest BCUT2D eigenvalue weighted by molar-refractivity contribution is 0.0768. The van der Waals surface area contributed by atoms with E-state index in [1.165, 1.54) is 0 Å². The molecule has 1 heterocycles.